The molecule has 0 saturated carbocycles. The van der Waals surface area contributed by atoms with Crippen molar-refractivity contribution in [1.29, 1.82) is 0 Å². The van der Waals surface area contributed by atoms with Gasteiger partial charge in [-0.15, -0.1) is 0 Å². The third-order valence-electron chi connectivity index (χ3n) is 2.84. The van der Waals surface area contributed by atoms with E-state index in [-0.39, 0.29) is 5.91 Å². The minimum atomic E-state index is 0.0778. The average Bonchev–Trinajstić information content (AvgIpc) is 2.47. The van der Waals surface area contributed by atoms with Crippen LogP contribution in [0, 0.1) is 11.8 Å². The highest BCUT2D eigenvalue weighted by molar-refractivity contribution is 7.99. The Morgan fingerprint density at radius 2 is 1.43 bits per heavy atom. The molecule has 0 radical (unpaired) electrons. The van der Waals surface area contributed by atoms with E-state index < -0.39 is 0 Å². The number of carbonyl (C=O) groups excluding carboxylic acids is 1. The highest BCUT2D eigenvalue weighted by Gasteiger charge is 2.02. The highest BCUT2D eigenvalue weighted by atomic mass is 32.2. The Hall–Kier alpha value is -0.300. The number of amides is 1. The summed E-state index contributed by atoms with van der Waals surface area (Å²) >= 11 is 1.67. The van der Waals surface area contributed by atoms with Gasteiger partial charge in [-0.1, -0.05) is 27.7 Å². The van der Waals surface area contributed by atoms with Crippen LogP contribution in [0.2, 0.25) is 0 Å². The maximum atomic E-state index is 11.5. The second kappa shape index (κ2) is 16.6. The first-order valence-electron chi connectivity index (χ1n) is 8.60. The van der Waals surface area contributed by atoms with Gasteiger partial charge in [-0.25, -0.2) is 0 Å². The Bertz CT molecular complexity index is 275. The fourth-order valence-electron chi connectivity index (χ4n) is 1.56. The SMILES string of the molecule is CC(C)CCOCCOCCOCCNC(=O)CSCC(C)C. The molecule has 0 bridgehead atoms. The summed E-state index contributed by atoms with van der Waals surface area (Å²) in [5, 5.41) is 2.85. The molecule has 0 aromatic carbocycles. The van der Waals surface area contributed by atoms with Crippen LogP contribution in [0.15, 0.2) is 0 Å². The number of carbonyl (C=O) groups is 1. The van der Waals surface area contributed by atoms with Crippen molar-refractivity contribution < 1.29 is 19.0 Å². The summed E-state index contributed by atoms with van der Waals surface area (Å²) < 4.78 is 16.2. The molecule has 0 unspecified atom stereocenters. The van der Waals surface area contributed by atoms with Crippen molar-refractivity contribution in [3.05, 3.63) is 0 Å². The highest BCUT2D eigenvalue weighted by Crippen LogP contribution is 2.06. The summed E-state index contributed by atoms with van der Waals surface area (Å²) in [4.78, 5) is 11.5. The molecule has 6 heteroatoms. The molecule has 0 aliphatic carbocycles. The zero-order valence-electron chi connectivity index (χ0n) is 15.3. The third-order valence-corrected chi connectivity index (χ3v) is 4.21. The summed E-state index contributed by atoms with van der Waals surface area (Å²) in [7, 11) is 0. The molecule has 0 rings (SSSR count). The minimum Gasteiger partial charge on any atom is -0.379 e. The molecular weight excluding hydrogens is 314 g/mol. The van der Waals surface area contributed by atoms with Gasteiger partial charge in [0.25, 0.3) is 0 Å². The molecule has 138 valence electrons. The zero-order chi connectivity index (χ0) is 17.3. The molecule has 5 nitrogen and oxygen atoms in total. The molecule has 1 amide bonds. The standard InChI is InChI=1S/C17H35NO4S/c1-15(2)5-7-20-9-11-22-12-10-21-8-6-18-17(19)14-23-13-16(3)4/h15-16H,5-14H2,1-4H3,(H,18,19). The molecule has 0 aliphatic rings. The lowest BCUT2D eigenvalue weighted by Gasteiger charge is -2.09. The van der Waals surface area contributed by atoms with E-state index in [2.05, 4.69) is 33.0 Å². The first kappa shape index (κ1) is 22.7. The van der Waals surface area contributed by atoms with E-state index in [9.17, 15) is 4.79 Å². The van der Waals surface area contributed by atoms with Crippen molar-refractivity contribution in [2.24, 2.45) is 11.8 Å². The topological polar surface area (TPSA) is 56.8 Å². The normalized spacial score (nSPS) is 11.4. The van der Waals surface area contributed by atoms with Crippen molar-refractivity contribution in [2.75, 3.05) is 57.7 Å². The molecule has 23 heavy (non-hydrogen) atoms. The van der Waals surface area contributed by atoms with Crippen molar-refractivity contribution in [2.45, 2.75) is 34.1 Å². The van der Waals surface area contributed by atoms with Crippen LogP contribution in [0.4, 0.5) is 0 Å². The van der Waals surface area contributed by atoms with Crippen LogP contribution in [0.3, 0.4) is 0 Å². The van der Waals surface area contributed by atoms with Crippen LogP contribution in [-0.2, 0) is 19.0 Å². The van der Waals surface area contributed by atoms with Crippen molar-refractivity contribution in [1.82, 2.24) is 5.32 Å². The van der Waals surface area contributed by atoms with Gasteiger partial charge in [-0.3, -0.25) is 4.79 Å². The molecule has 0 spiro atoms. The van der Waals surface area contributed by atoms with Gasteiger partial charge in [0.15, 0.2) is 0 Å². The molecule has 0 saturated heterocycles. The van der Waals surface area contributed by atoms with Gasteiger partial charge in [0.05, 0.1) is 38.8 Å². The van der Waals surface area contributed by atoms with Crippen LogP contribution < -0.4 is 5.32 Å². The van der Waals surface area contributed by atoms with Gasteiger partial charge in [0, 0.05) is 13.2 Å². The van der Waals surface area contributed by atoms with Crippen LogP contribution in [0.5, 0.6) is 0 Å². The van der Waals surface area contributed by atoms with Gasteiger partial charge in [0.1, 0.15) is 0 Å². The van der Waals surface area contributed by atoms with E-state index in [4.69, 9.17) is 14.2 Å². The molecule has 1 N–H and O–H groups in total. The van der Waals surface area contributed by atoms with Gasteiger partial charge >= 0.3 is 0 Å². The lowest BCUT2D eigenvalue weighted by atomic mass is 10.1. The van der Waals surface area contributed by atoms with Gasteiger partial charge in [-0.05, 0) is 24.0 Å². The predicted molar refractivity (Wildman–Crippen MR) is 97.1 cm³/mol. The first-order chi connectivity index (χ1) is 11.0. The van der Waals surface area contributed by atoms with Crippen molar-refractivity contribution in [3.8, 4) is 0 Å². The largest absolute Gasteiger partial charge is 0.379 e. The van der Waals surface area contributed by atoms with E-state index in [0.717, 1.165) is 18.8 Å². The van der Waals surface area contributed by atoms with Crippen LogP contribution in [-0.4, -0.2) is 63.6 Å². The van der Waals surface area contributed by atoms with Gasteiger partial charge in [-0.2, -0.15) is 11.8 Å². The fraction of sp³-hybridized carbons (Fsp3) is 0.941. The number of ether oxygens (including phenoxy) is 3. The third kappa shape index (κ3) is 19.7. The van der Waals surface area contributed by atoms with Crippen LogP contribution in [0.1, 0.15) is 34.1 Å². The number of hydrogen-bond donors (Lipinski definition) is 1. The Kier molecular flexibility index (Phi) is 16.3. The van der Waals surface area contributed by atoms with Gasteiger partial charge < -0.3 is 19.5 Å². The molecular formula is C17H35NO4S. The second-order valence-corrected chi connectivity index (χ2v) is 7.31. The number of hydrogen-bond acceptors (Lipinski definition) is 5. The fourth-order valence-corrected chi connectivity index (χ4v) is 2.44. The summed E-state index contributed by atoms with van der Waals surface area (Å²) in [5.41, 5.74) is 0. The molecule has 0 fully saturated rings. The van der Waals surface area contributed by atoms with Crippen LogP contribution in [0.25, 0.3) is 0 Å². The average molecular weight is 350 g/mol. The van der Waals surface area contributed by atoms with E-state index in [1.165, 1.54) is 0 Å². The van der Waals surface area contributed by atoms with E-state index in [1.807, 2.05) is 0 Å². The molecule has 0 aromatic heterocycles. The second-order valence-electron chi connectivity index (χ2n) is 6.28. The smallest absolute Gasteiger partial charge is 0.230 e. The zero-order valence-corrected chi connectivity index (χ0v) is 16.1. The van der Waals surface area contributed by atoms with E-state index in [1.54, 1.807) is 11.8 Å². The molecule has 0 heterocycles. The quantitative estimate of drug-likeness (QED) is 0.434. The summed E-state index contributed by atoms with van der Waals surface area (Å²) in [6, 6.07) is 0. The number of thioether (sulfide) groups is 1. The summed E-state index contributed by atoms with van der Waals surface area (Å²) in [6.45, 7) is 12.9. The summed E-state index contributed by atoms with van der Waals surface area (Å²) in [5.74, 6) is 2.92. The maximum Gasteiger partial charge on any atom is 0.230 e. The molecule has 0 atom stereocenters. The number of nitrogens with one attached hydrogen (secondary N) is 1. The Balaban J connectivity index is 3.14. The summed E-state index contributed by atoms with van der Waals surface area (Å²) in [6.07, 6.45) is 1.09. The minimum absolute atomic E-state index is 0.0778. The van der Waals surface area contributed by atoms with Crippen LogP contribution >= 0.6 is 11.8 Å². The number of rotatable bonds is 16. The van der Waals surface area contributed by atoms with Gasteiger partial charge in [0.2, 0.25) is 5.91 Å². The predicted octanol–water partition coefficient (Wildman–Crippen LogP) is 2.59. The lowest BCUT2D eigenvalue weighted by Crippen LogP contribution is -2.29. The van der Waals surface area contributed by atoms with Crippen molar-refractivity contribution >= 4 is 17.7 Å². The maximum absolute atomic E-state index is 11.5. The van der Waals surface area contributed by atoms with E-state index in [0.29, 0.717) is 57.2 Å². The Labute approximate surface area is 146 Å². The van der Waals surface area contributed by atoms with E-state index >= 15 is 0 Å². The van der Waals surface area contributed by atoms with Crippen molar-refractivity contribution in [3.63, 3.8) is 0 Å². The Morgan fingerprint density at radius 3 is 2.00 bits per heavy atom. The Morgan fingerprint density at radius 1 is 0.870 bits per heavy atom. The lowest BCUT2D eigenvalue weighted by molar-refractivity contribution is -0.118. The monoisotopic (exact) mass is 349 g/mol. The molecule has 0 aliphatic heterocycles. The first-order valence-corrected chi connectivity index (χ1v) is 9.75. The molecule has 0 aromatic rings.